The molecule has 0 spiro atoms. The van der Waals surface area contributed by atoms with E-state index in [0.717, 1.165) is 38.5 Å². The lowest BCUT2D eigenvalue weighted by atomic mass is 9.54. The molecular formula is C20H26O2. The van der Waals surface area contributed by atoms with Gasteiger partial charge in [-0.25, -0.2) is 0 Å². The van der Waals surface area contributed by atoms with Crippen molar-refractivity contribution in [2.75, 3.05) is 0 Å². The Morgan fingerprint density at radius 3 is 2.86 bits per heavy atom. The number of hydrogen-bond acceptors (Lipinski definition) is 2. The van der Waals surface area contributed by atoms with Crippen LogP contribution in [0.15, 0.2) is 11.1 Å². The third-order valence-electron chi connectivity index (χ3n) is 7.42. The van der Waals surface area contributed by atoms with Gasteiger partial charge in [0.2, 0.25) is 0 Å². The summed E-state index contributed by atoms with van der Waals surface area (Å²) in [5, 5.41) is 10.7. The molecule has 1 N–H and O–H groups in total. The van der Waals surface area contributed by atoms with Gasteiger partial charge in [-0.1, -0.05) is 18.1 Å². The standard InChI is InChI=1S/C20H26O2/c1-3-12-11-18-17-6-4-13-10-14(21)5-7-15(13)16(17)8-9-20(18,2)19(12)22/h1,12,16-19,22H,4-11H2,2H3/t12-,16?,17?,18?,19+,20+/m1/s1. The van der Waals surface area contributed by atoms with E-state index in [1.807, 2.05) is 0 Å². The van der Waals surface area contributed by atoms with Crippen LogP contribution in [0.3, 0.4) is 0 Å². The van der Waals surface area contributed by atoms with E-state index in [1.165, 1.54) is 18.4 Å². The van der Waals surface area contributed by atoms with Crippen LogP contribution in [-0.2, 0) is 4.79 Å². The van der Waals surface area contributed by atoms with E-state index in [0.29, 0.717) is 23.5 Å². The highest BCUT2D eigenvalue weighted by atomic mass is 16.3. The number of aliphatic hydroxyl groups excluding tert-OH is 1. The maximum atomic E-state index is 11.7. The van der Waals surface area contributed by atoms with Crippen LogP contribution in [0, 0.1) is 41.4 Å². The van der Waals surface area contributed by atoms with Crippen molar-refractivity contribution in [2.45, 2.75) is 64.4 Å². The lowest BCUT2D eigenvalue weighted by molar-refractivity contribution is -0.119. The third kappa shape index (κ3) is 1.88. The van der Waals surface area contributed by atoms with E-state index in [4.69, 9.17) is 6.42 Å². The minimum atomic E-state index is -0.327. The van der Waals surface area contributed by atoms with Crippen LogP contribution in [0.1, 0.15) is 58.3 Å². The molecule has 4 aliphatic rings. The topological polar surface area (TPSA) is 37.3 Å². The predicted octanol–water partition coefficient (Wildman–Crippen LogP) is 3.49. The summed E-state index contributed by atoms with van der Waals surface area (Å²) in [4.78, 5) is 11.7. The van der Waals surface area contributed by atoms with Crippen LogP contribution in [0.25, 0.3) is 0 Å². The second kappa shape index (κ2) is 4.96. The highest BCUT2D eigenvalue weighted by Gasteiger charge is 2.57. The van der Waals surface area contributed by atoms with Crippen molar-refractivity contribution in [3.8, 4) is 12.3 Å². The van der Waals surface area contributed by atoms with Crippen LogP contribution >= 0.6 is 0 Å². The third-order valence-corrected chi connectivity index (χ3v) is 7.42. The first-order valence-electron chi connectivity index (χ1n) is 8.91. The molecule has 2 heteroatoms. The van der Waals surface area contributed by atoms with E-state index >= 15 is 0 Å². The van der Waals surface area contributed by atoms with Gasteiger partial charge < -0.3 is 5.11 Å². The van der Waals surface area contributed by atoms with Crippen molar-refractivity contribution in [1.82, 2.24) is 0 Å². The summed E-state index contributed by atoms with van der Waals surface area (Å²) in [6, 6.07) is 0. The number of terminal acetylenes is 1. The fourth-order valence-electron chi connectivity index (χ4n) is 6.23. The highest BCUT2D eigenvalue weighted by Crippen LogP contribution is 2.62. The van der Waals surface area contributed by atoms with Gasteiger partial charge in [0.05, 0.1) is 6.10 Å². The Kier molecular flexibility index (Phi) is 3.28. The van der Waals surface area contributed by atoms with Crippen molar-refractivity contribution >= 4 is 5.78 Å². The van der Waals surface area contributed by atoms with Crippen LogP contribution < -0.4 is 0 Å². The molecule has 6 atom stereocenters. The smallest absolute Gasteiger partial charge is 0.137 e. The lowest BCUT2D eigenvalue weighted by Crippen LogP contribution is -2.45. The van der Waals surface area contributed by atoms with Crippen molar-refractivity contribution in [3.63, 3.8) is 0 Å². The number of allylic oxidation sites excluding steroid dienone is 2. The Morgan fingerprint density at radius 2 is 2.09 bits per heavy atom. The fourth-order valence-corrected chi connectivity index (χ4v) is 6.23. The van der Waals surface area contributed by atoms with Gasteiger partial charge in [0.25, 0.3) is 0 Å². The van der Waals surface area contributed by atoms with E-state index in [-0.39, 0.29) is 17.4 Å². The Bertz CT molecular complexity index is 581. The van der Waals surface area contributed by atoms with Crippen LogP contribution in [0.5, 0.6) is 0 Å². The maximum absolute atomic E-state index is 11.7. The number of fused-ring (bicyclic) bond motifs is 4. The zero-order chi connectivity index (χ0) is 15.5. The summed E-state index contributed by atoms with van der Waals surface area (Å²) >= 11 is 0. The second-order valence-electron chi connectivity index (χ2n) is 8.26. The minimum absolute atomic E-state index is 0.0146. The van der Waals surface area contributed by atoms with Crippen molar-refractivity contribution in [2.24, 2.45) is 29.1 Å². The summed E-state index contributed by atoms with van der Waals surface area (Å²) in [7, 11) is 0. The SMILES string of the molecule is C#C[C@@H]1CC2C3CCC4=C(CCC(=O)C4)C3CC[C@]2(C)[C@H]1O. The van der Waals surface area contributed by atoms with Crippen LogP contribution in [-0.4, -0.2) is 17.0 Å². The molecule has 0 aromatic heterocycles. The summed E-state index contributed by atoms with van der Waals surface area (Å²) in [6.07, 6.45) is 13.4. The molecule has 0 aliphatic heterocycles. The molecule has 118 valence electrons. The van der Waals surface area contributed by atoms with Crippen LogP contribution in [0.4, 0.5) is 0 Å². The fraction of sp³-hybridized carbons (Fsp3) is 0.750. The molecule has 0 heterocycles. The molecule has 0 bridgehead atoms. The quantitative estimate of drug-likeness (QED) is 0.549. The second-order valence-corrected chi connectivity index (χ2v) is 8.26. The molecule has 3 unspecified atom stereocenters. The van der Waals surface area contributed by atoms with Gasteiger partial charge in [-0.15, -0.1) is 12.3 Å². The largest absolute Gasteiger partial charge is 0.391 e. The Balaban J connectivity index is 1.66. The summed E-state index contributed by atoms with van der Waals surface area (Å²) in [5.41, 5.74) is 3.10. The van der Waals surface area contributed by atoms with Gasteiger partial charge in [0, 0.05) is 18.8 Å². The zero-order valence-electron chi connectivity index (χ0n) is 13.5. The van der Waals surface area contributed by atoms with Crippen molar-refractivity contribution in [3.05, 3.63) is 11.1 Å². The zero-order valence-corrected chi connectivity index (χ0v) is 13.5. The van der Waals surface area contributed by atoms with Crippen molar-refractivity contribution < 1.29 is 9.90 Å². The minimum Gasteiger partial charge on any atom is -0.391 e. The number of ketones is 1. The predicted molar refractivity (Wildman–Crippen MR) is 85.9 cm³/mol. The summed E-state index contributed by atoms with van der Waals surface area (Å²) < 4.78 is 0. The number of hydrogen-bond donors (Lipinski definition) is 1. The highest BCUT2D eigenvalue weighted by molar-refractivity contribution is 5.82. The molecular weight excluding hydrogens is 272 g/mol. The first-order chi connectivity index (χ1) is 10.5. The normalized spacial score (nSPS) is 47.5. The van der Waals surface area contributed by atoms with Gasteiger partial charge in [-0.3, -0.25) is 4.79 Å². The Hall–Kier alpha value is -1.07. The Labute approximate surface area is 133 Å². The molecule has 2 fully saturated rings. The number of Topliss-reactive ketones (excluding diaryl/α,β-unsaturated/α-hetero) is 1. The summed E-state index contributed by atoms with van der Waals surface area (Å²) in [5.74, 6) is 5.23. The van der Waals surface area contributed by atoms with Gasteiger partial charge in [0.1, 0.15) is 5.78 Å². The molecule has 0 radical (unpaired) electrons. The molecule has 0 saturated heterocycles. The summed E-state index contributed by atoms with van der Waals surface area (Å²) in [6.45, 7) is 2.27. The molecule has 4 rings (SSSR count). The van der Waals surface area contributed by atoms with E-state index in [2.05, 4.69) is 12.8 Å². The number of carbonyl (C=O) groups excluding carboxylic acids is 1. The van der Waals surface area contributed by atoms with Gasteiger partial charge in [-0.05, 0) is 61.7 Å². The molecule has 0 aromatic rings. The molecule has 4 aliphatic carbocycles. The average Bonchev–Trinajstić information content (AvgIpc) is 2.78. The Morgan fingerprint density at radius 1 is 1.27 bits per heavy atom. The van der Waals surface area contributed by atoms with Crippen molar-refractivity contribution in [1.29, 1.82) is 0 Å². The van der Waals surface area contributed by atoms with Gasteiger partial charge in [-0.2, -0.15) is 0 Å². The van der Waals surface area contributed by atoms with E-state index in [1.54, 1.807) is 5.57 Å². The van der Waals surface area contributed by atoms with Gasteiger partial charge >= 0.3 is 0 Å². The van der Waals surface area contributed by atoms with Gasteiger partial charge in [0.15, 0.2) is 0 Å². The lowest BCUT2D eigenvalue weighted by Gasteiger charge is -2.51. The van der Waals surface area contributed by atoms with E-state index in [9.17, 15) is 9.90 Å². The number of aliphatic hydroxyl groups is 1. The average molecular weight is 298 g/mol. The maximum Gasteiger partial charge on any atom is 0.137 e. The molecule has 2 nitrogen and oxygen atoms in total. The molecule has 2 saturated carbocycles. The first kappa shape index (κ1) is 14.5. The monoisotopic (exact) mass is 298 g/mol. The number of carbonyl (C=O) groups is 1. The first-order valence-corrected chi connectivity index (χ1v) is 8.91. The van der Waals surface area contributed by atoms with Crippen LogP contribution in [0.2, 0.25) is 0 Å². The van der Waals surface area contributed by atoms with E-state index < -0.39 is 0 Å². The number of rotatable bonds is 0. The molecule has 0 aromatic carbocycles. The molecule has 22 heavy (non-hydrogen) atoms. The molecule has 0 amide bonds.